The highest BCUT2D eigenvalue weighted by Crippen LogP contribution is 2.44. The molecule has 0 N–H and O–H groups in total. The standard InChI is InChI=1S/C15H24N2O/c18-14-7-1-6-13-12-5-3-9-16-8-2-4-11(15(12)16)10-17(13)14/h11-13,15H,1-10H2/t11-,12+,13-,15+/m1/s1. The van der Waals surface area contributed by atoms with Gasteiger partial charge in [-0.25, -0.2) is 0 Å². The average molecular weight is 248 g/mol. The van der Waals surface area contributed by atoms with E-state index in [1.807, 2.05) is 0 Å². The molecule has 1 amide bonds. The molecule has 100 valence electrons. The maximum atomic E-state index is 12.2. The minimum atomic E-state index is 0.451. The summed E-state index contributed by atoms with van der Waals surface area (Å²) in [6, 6.07) is 1.41. The van der Waals surface area contributed by atoms with Gasteiger partial charge in [0.15, 0.2) is 0 Å². The molecular weight excluding hydrogens is 224 g/mol. The minimum absolute atomic E-state index is 0.451. The summed E-state index contributed by atoms with van der Waals surface area (Å²) in [5.74, 6) is 2.02. The van der Waals surface area contributed by atoms with E-state index >= 15 is 0 Å². The molecule has 18 heavy (non-hydrogen) atoms. The van der Waals surface area contributed by atoms with Gasteiger partial charge in [0.1, 0.15) is 0 Å². The number of piperidine rings is 4. The van der Waals surface area contributed by atoms with Gasteiger partial charge < -0.3 is 4.90 Å². The molecule has 0 aromatic carbocycles. The zero-order valence-electron chi connectivity index (χ0n) is 11.2. The van der Waals surface area contributed by atoms with Gasteiger partial charge in [-0.2, -0.15) is 0 Å². The molecule has 3 nitrogen and oxygen atoms in total. The lowest BCUT2D eigenvalue weighted by Crippen LogP contribution is -2.66. The van der Waals surface area contributed by atoms with Crippen LogP contribution in [0.2, 0.25) is 0 Å². The van der Waals surface area contributed by atoms with Gasteiger partial charge in [-0.1, -0.05) is 0 Å². The minimum Gasteiger partial charge on any atom is -0.339 e. The fourth-order valence-electron chi connectivity index (χ4n) is 5.26. The Kier molecular flexibility index (Phi) is 2.65. The summed E-state index contributed by atoms with van der Waals surface area (Å²) in [4.78, 5) is 17.2. The highest BCUT2D eigenvalue weighted by molar-refractivity contribution is 5.77. The molecule has 3 heteroatoms. The van der Waals surface area contributed by atoms with Crippen LogP contribution >= 0.6 is 0 Å². The van der Waals surface area contributed by atoms with E-state index in [0.717, 1.165) is 37.3 Å². The van der Waals surface area contributed by atoms with Crippen molar-refractivity contribution in [1.82, 2.24) is 9.80 Å². The van der Waals surface area contributed by atoms with Gasteiger partial charge in [-0.05, 0) is 63.5 Å². The zero-order valence-corrected chi connectivity index (χ0v) is 11.2. The molecule has 0 aromatic heterocycles. The Balaban J connectivity index is 1.66. The van der Waals surface area contributed by atoms with Crippen molar-refractivity contribution in [2.45, 2.75) is 57.0 Å². The van der Waals surface area contributed by atoms with E-state index in [9.17, 15) is 4.79 Å². The highest BCUT2D eigenvalue weighted by Gasteiger charge is 2.50. The maximum absolute atomic E-state index is 12.2. The van der Waals surface area contributed by atoms with Crippen LogP contribution < -0.4 is 0 Å². The van der Waals surface area contributed by atoms with Gasteiger partial charge in [-0.15, -0.1) is 0 Å². The van der Waals surface area contributed by atoms with E-state index in [1.165, 1.54) is 45.2 Å². The summed E-state index contributed by atoms with van der Waals surface area (Å²) in [5, 5.41) is 0. The summed E-state index contributed by atoms with van der Waals surface area (Å²) in [6.45, 7) is 3.71. The molecule has 4 aliphatic heterocycles. The molecule has 4 rings (SSSR count). The summed E-state index contributed by atoms with van der Waals surface area (Å²) in [6.07, 6.45) is 8.64. The summed E-state index contributed by atoms with van der Waals surface area (Å²) in [7, 11) is 0. The first kappa shape index (κ1) is 11.3. The van der Waals surface area contributed by atoms with Gasteiger partial charge in [0, 0.05) is 25.0 Å². The van der Waals surface area contributed by atoms with Crippen LogP contribution in [-0.4, -0.2) is 47.4 Å². The lowest BCUT2D eigenvalue weighted by molar-refractivity contribution is -0.150. The molecule has 4 atom stereocenters. The summed E-state index contributed by atoms with van der Waals surface area (Å²) >= 11 is 0. The second kappa shape index (κ2) is 4.22. The van der Waals surface area contributed by atoms with Crippen molar-refractivity contribution in [3.63, 3.8) is 0 Å². The van der Waals surface area contributed by atoms with Gasteiger partial charge in [0.05, 0.1) is 0 Å². The van der Waals surface area contributed by atoms with E-state index in [-0.39, 0.29) is 0 Å². The number of carbonyl (C=O) groups is 1. The van der Waals surface area contributed by atoms with Crippen molar-refractivity contribution in [2.24, 2.45) is 11.8 Å². The van der Waals surface area contributed by atoms with Crippen LogP contribution in [0, 0.1) is 11.8 Å². The second-order valence-electron chi connectivity index (χ2n) is 6.74. The number of carbonyl (C=O) groups excluding carboxylic acids is 1. The van der Waals surface area contributed by atoms with Crippen molar-refractivity contribution < 1.29 is 4.79 Å². The Bertz CT molecular complexity index is 354. The number of amides is 1. The molecule has 0 bridgehead atoms. The fraction of sp³-hybridized carbons (Fsp3) is 0.933. The quantitative estimate of drug-likeness (QED) is 0.653. The lowest BCUT2D eigenvalue weighted by atomic mass is 9.68. The van der Waals surface area contributed by atoms with Crippen molar-refractivity contribution in [2.75, 3.05) is 19.6 Å². The normalized spacial score (nSPS) is 44.4. The van der Waals surface area contributed by atoms with Gasteiger partial charge in [0.2, 0.25) is 5.91 Å². The van der Waals surface area contributed by atoms with Gasteiger partial charge >= 0.3 is 0 Å². The van der Waals surface area contributed by atoms with Crippen LogP contribution in [0.5, 0.6) is 0 Å². The lowest BCUT2D eigenvalue weighted by Gasteiger charge is -2.58. The molecule has 0 spiro atoms. The number of hydrogen-bond acceptors (Lipinski definition) is 2. The van der Waals surface area contributed by atoms with Crippen LogP contribution in [0.1, 0.15) is 44.9 Å². The number of fused-ring (bicyclic) bond motifs is 2. The average Bonchev–Trinajstić information content (AvgIpc) is 2.41. The molecule has 4 saturated heterocycles. The van der Waals surface area contributed by atoms with Crippen molar-refractivity contribution >= 4 is 5.91 Å². The monoisotopic (exact) mass is 248 g/mol. The first-order chi connectivity index (χ1) is 8.84. The first-order valence-corrected chi connectivity index (χ1v) is 7.88. The van der Waals surface area contributed by atoms with E-state index in [4.69, 9.17) is 0 Å². The molecule has 0 saturated carbocycles. The van der Waals surface area contributed by atoms with Crippen LogP contribution in [0.3, 0.4) is 0 Å². The molecule has 0 aliphatic carbocycles. The highest BCUT2D eigenvalue weighted by atomic mass is 16.2. The third kappa shape index (κ3) is 1.56. The van der Waals surface area contributed by atoms with Crippen LogP contribution in [0.15, 0.2) is 0 Å². The summed E-state index contributed by atoms with van der Waals surface area (Å²) < 4.78 is 0. The summed E-state index contributed by atoms with van der Waals surface area (Å²) in [5.41, 5.74) is 0. The van der Waals surface area contributed by atoms with Gasteiger partial charge in [-0.3, -0.25) is 9.69 Å². The molecule has 0 radical (unpaired) electrons. The van der Waals surface area contributed by atoms with E-state index in [1.54, 1.807) is 0 Å². The SMILES string of the molecule is O=C1CCC[C@@H]2[C@@H]3CCCN4CCC[C@H](CN12)[C@@H]34. The fourth-order valence-corrected chi connectivity index (χ4v) is 5.26. The van der Waals surface area contributed by atoms with Crippen LogP contribution in [-0.2, 0) is 4.79 Å². The first-order valence-electron chi connectivity index (χ1n) is 7.88. The van der Waals surface area contributed by atoms with Crippen LogP contribution in [0.25, 0.3) is 0 Å². The van der Waals surface area contributed by atoms with Crippen molar-refractivity contribution in [3.8, 4) is 0 Å². The van der Waals surface area contributed by atoms with Gasteiger partial charge in [0.25, 0.3) is 0 Å². The molecule has 0 aromatic rings. The number of rotatable bonds is 0. The molecular formula is C15H24N2O. The van der Waals surface area contributed by atoms with Crippen LogP contribution in [0.4, 0.5) is 0 Å². The molecule has 0 unspecified atom stereocenters. The number of nitrogens with zero attached hydrogens (tertiary/aromatic N) is 2. The molecule has 4 heterocycles. The third-order valence-electron chi connectivity index (χ3n) is 5.88. The Morgan fingerprint density at radius 2 is 1.83 bits per heavy atom. The Hall–Kier alpha value is -0.570. The zero-order chi connectivity index (χ0) is 12.1. The number of hydrogen-bond donors (Lipinski definition) is 0. The Morgan fingerprint density at radius 1 is 1.00 bits per heavy atom. The molecule has 4 aliphatic rings. The largest absolute Gasteiger partial charge is 0.339 e. The Morgan fingerprint density at radius 3 is 2.72 bits per heavy atom. The third-order valence-corrected chi connectivity index (χ3v) is 5.88. The van der Waals surface area contributed by atoms with E-state index in [2.05, 4.69) is 9.80 Å². The van der Waals surface area contributed by atoms with Crippen molar-refractivity contribution in [1.29, 1.82) is 0 Å². The molecule has 4 fully saturated rings. The predicted molar refractivity (Wildman–Crippen MR) is 70.2 cm³/mol. The predicted octanol–water partition coefficient (Wildman–Crippen LogP) is 1.87. The van der Waals surface area contributed by atoms with Crippen molar-refractivity contribution in [3.05, 3.63) is 0 Å². The maximum Gasteiger partial charge on any atom is 0.222 e. The topological polar surface area (TPSA) is 23.6 Å². The van der Waals surface area contributed by atoms with E-state index in [0.29, 0.717) is 11.9 Å². The smallest absolute Gasteiger partial charge is 0.222 e. The van der Waals surface area contributed by atoms with E-state index < -0.39 is 0 Å². The Labute approximate surface area is 110 Å². The second-order valence-corrected chi connectivity index (χ2v) is 6.74.